The van der Waals surface area contributed by atoms with Crippen molar-refractivity contribution in [2.75, 3.05) is 79.5 Å². The summed E-state index contributed by atoms with van der Waals surface area (Å²) >= 11 is 0. The number of carbonyl (C=O) groups is 11. The van der Waals surface area contributed by atoms with E-state index in [0.717, 1.165) is 44.9 Å². The highest BCUT2D eigenvalue weighted by Gasteiger charge is 2.25. The Morgan fingerprint density at radius 2 is 0.679 bits per heavy atom. The molecule has 0 rings (SSSR count). The van der Waals surface area contributed by atoms with E-state index in [1.54, 1.807) is 7.05 Å². The Morgan fingerprint density at radius 3 is 1.09 bits per heavy atom. The lowest BCUT2D eigenvalue weighted by Gasteiger charge is -2.17. The van der Waals surface area contributed by atoms with Crippen molar-refractivity contribution in [3.05, 3.63) is 0 Å². The van der Waals surface area contributed by atoms with Crippen LogP contribution in [0.3, 0.4) is 0 Å². The summed E-state index contributed by atoms with van der Waals surface area (Å²) in [6.07, 6.45) is 18.6. The zero-order chi connectivity index (χ0) is 60.3. The van der Waals surface area contributed by atoms with Gasteiger partial charge in [-0.1, -0.05) is 89.9 Å². The minimum atomic E-state index is -1.48. The number of nitrogens with one attached hydrogen (secondary N) is 7. The molecule has 0 radical (unpaired) electrons. The van der Waals surface area contributed by atoms with Gasteiger partial charge in [0.25, 0.3) is 0 Å². The molecule has 26 heteroatoms. The van der Waals surface area contributed by atoms with Crippen LogP contribution in [0.1, 0.15) is 180 Å². The van der Waals surface area contributed by atoms with E-state index in [9.17, 15) is 68.1 Å². The van der Waals surface area contributed by atoms with E-state index in [1.165, 1.54) is 58.3 Å². The lowest BCUT2D eigenvalue weighted by molar-refractivity contribution is -0.144. The Balaban J connectivity index is 3.95. The molecule has 0 aliphatic heterocycles. The van der Waals surface area contributed by atoms with Crippen LogP contribution in [0.4, 0.5) is 0 Å². The van der Waals surface area contributed by atoms with Gasteiger partial charge in [-0.15, -0.1) is 0 Å². The van der Waals surface area contributed by atoms with Crippen LogP contribution in [-0.2, 0) is 71.7 Å². The van der Waals surface area contributed by atoms with Crippen LogP contribution in [0.15, 0.2) is 0 Å². The third-order valence-electron chi connectivity index (χ3n) is 12.9. The Morgan fingerprint density at radius 1 is 0.333 bits per heavy atom. The minimum absolute atomic E-state index is 0.0167. The van der Waals surface area contributed by atoms with Gasteiger partial charge in [-0.2, -0.15) is 0 Å². The number of amides is 6. The van der Waals surface area contributed by atoms with Gasteiger partial charge in [0.1, 0.15) is 37.1 Å². The first-order valence-electron chi connectivity index (χ1n) is 28.9. The first kappa shape index (κ1) is 75.2. The largest absolute Gasteiger partial charge is 0.481 e. The standard InChI is InChI=1S/C55H97N7O19/c1-41(63)42(56-2)21-19-20-30-57-46(64)27-24-44(54(74)75)61-49(67)29-26-45(55(76)77)62-51(69)40-81-38-36-79-34-32-59-50(68)39-80-37-35-78-33-31-58-47(65)28-25-43(53(72)73)60-48(66)22-17-15-13-11-9-7-5-3-4-6-8-10-12-14-16-18-23-52(70)71/h42-45,56H,3-40H2,1-2H3,(H,57,64)(H,58,65)(H,59,68)(H,60,66)(H,61,67)(H,62,69)(H,70,71)(H,72,73)(H,74,75)(H,76,77)/t42?,43-,44-,45-/m0/s1. The summed E-state index contributed by atoms with van der Waals surface area (Å²) in [6, 6.07) is -4.32. The van der Waals surface area contributed by atoms with Crippen LogP contribution in [0.5, 0.6) is 0 Å². The fourth-order valence-corrected chi connectivity index (χ4v) is 8.18. The summed E-state index contributed by atoms with van der Waals surface area (Å²) in [5.74, 6) is -7.86. The summed E-state index contributed by atoms with van der Waals surface area (Å²) in [4.78, 5) is 131. The van der Waals surface area contributed by atoms with E-state index in [-0.39, 0.29) is 122 Å². The monoisotopic (exact) mass is 1160 g/mol. The lowest BCUT2D eigenvalue weighted by Crippen LogP contribution is -2.45. The number of carboxylic acids is 4. The van der Waals surface area contributed by atoms with E-state index < -0.39 is 84.6 Å². The Labute approximate surface area is 477 Å². The fraction of sp³-hybridized carbons (Fsp3) is 0.800. The number of aliphatic carboxylic acids is 4. The maximum absolute atomic E-state index is 12.5. The van der Waals surface area contributed by atoms with Gasteiger partial charge in [0, 0.05) is 51.7 Å². The van der Waals surface area contributed by atoms with Gasteiger partial charge in [0.05, 0.1) is 45.7 Å². The Kier molecular flexibility index (Phi) is 47.4. The maximum atomic E-state index is 12.5. The predicted molar refractivity (Wildman–Crippen MR) is 297 cm³/mol. The molecule has 11 N–H and O–H groups in total. The molecule has 81 heavy (non-hydrogen) atoms. The zero-order valence-corrected chi connectivity index (χ0v) is 48.1. The highest BCUT2D eigenvalue weighted by Crippen LogP contribution is 2.15. The summed E-state index contributed by atoms with van der Waals surface area (Å²) < 4.78 is 21.2. The van der Waals surface area contributed by atoms with E-state index in [1.807, 2.05) is 0 Å². The molecule has 4 atom stereocenters. The average Bonchev–Trinajstić information content (AvgIpc) is 3.41. The van der Waals surface area contributed by atoms with E-state index in [0.29, 0.717) is 32.2 Å². The number of ether oxygens (including phenoxy) is 4. The summed E-state index contributed by atoms with van der Waals surface area (Å²) in [5, 5.41) is 55.1. The number of ketones is 1. The number of rotatable bonds is 57. The van der Waals surface area contributed by atoms with Crippen LogP contribution in [-0.4, -0.2) is 189 Å². The number of unbranched alkanes of at least 4 members (excludes halogenated alkanes) is 16. The SMILES string of the molecule is CNC(CCCCNC(=O)CC[C@H](NC(=O)CC[C@H](NC(=O)COCCOCCNC(=O)COCCOCCNC(=O)CC[C@H](NC(=O)CCCCCCCCCCCCCCCCCCC(=O)O)C(=O)O)C(=O)O)C(=O)O)C(C)=O. The normalized spacial score (nSPS) is 12.5. The fourth-order valence-electron chi connectivity index (χ4n) is 8.18. The smallest absolute Gasteiger partial charge is 0.326 e. The van der Waals surface area contributed by atoms with Gasteiger partial charge >= 0.3 is 23.9 Å². The van der Waals surface area contributed by atoms with Crippen LogP contribution in [0.25, 0.3) is 0 Å². The molecule has 0 aromatic rings. The van der Waals surface area contributed by atoms with Gasteiger partial charge in [0.15, 0.2) is 0 Å². The van der Waals surface area contributed by atoms with Crippen molar-refractivity contribution in [3.8, 4) is 0 Å². The Hall–Kier alpha value is -5.83. The molecule has 0 aliphatic carbocycles. The van der Waals surface area contributed by atoms with Crippen molar-refractivity contribution in [3.63, 3.8) is 0 Å². The van der Waals surface area contributed by atoms with Crippen molar-refractivity contribution < 1.29 is 92.1 Å². The number of hydrogen-bond acceptors (Lipinski definition) is 16. The quantitative estimate of drug-likeness (QED) is 0.0390. The van der Waals surface area contributed by atoms with E-state index >= 15 is 0 Å². The highest BCUT2D eigenvalue weighted by molar-refractivity contribution is 5.87. The van der Waals surface area contributed by atoms with Gasteiger partial charge in [-0.05, 0) is 65.3 Å². The Bertz CT molecular complexity index is 1830. The van der Waals surface area contributed by atoms with E-state index in [4.69, 9.17) is 24.1 Å². The molecule has 0 aliphatic rings. The van der Waals surface area contributed by atoms with Crippen LogP contribution in [0.2, 0.25) is 0 Å². The molecule has 0 saturated heterocycles. The zero-order valence-electron chi connectivity index (χ0n) is 48.1. The predicted octanol–water partition coefficient (Wildman–Crippen LogP) is 2.90. The molecule has 1 unspecified atom stereocenters. The first-order valence-corrected chi connectivity index (χ1v) is 28.9. The molecule has 6 amide bonds. The number of carbonyl (C=O) groups excluding carboxylic acids is 7. The molecule has 466 valence electrons. The molecule has 0 bridgehead atoms. The van der Waals surface area contributed by atoms with Crippen molar-refractivity contribution in [2.24, 2.45) is 0 Å². The number of likely N-dealkylation sites (N-methyl/N-ethyl adjacent to an activating group) is 1. The van der Waals surface area contributed by atoms with Crippen molar-refractivity contribution in [1.82, 2.24) is 37.2 Å². The lowest BCUT2D eigenvalue weighted by atomic mass is 10.0. The van der Waals surface area contributed by atoms with Crippen molar-refractivity contribution >= 4 is 65.1 Å². The third kappa shape index (κ3) is 47.5. The minimum Gasteiger partial charge on any atom is -0.481 e. The summed E-state index contributed by atoms with van der Waals surface area (Å²) in [6.45, 7) is 1.84. The van der Waals surface area contributed by atoms with Gasteiger partial charge in [-0.3, -0.25) is 38.4 Å². The molecule has 0 aromatic carbocycles. The van der Waals surface area contributed by atoms with E-state index in [2.05, 4.69) is 37.2 Å². The van der Waals surface area contributed by atoms with Crippen molar-refractivity contribution in [2.45, 2.75) is 204 Å². The van der Waals surface area contributed by atoms with Gasteiger partial charge in [-0.25, -0.2) is 14.4 Å². The van der Waals surface area contributed by atoms with Crippen LogP contribution < -0.4 is 37.2 Å². The van der Waals surface area contributed by atoms with Gasteiger partial charge in [0.2, 0.25) is 35.4 Å². The summed E-state index contributed by atoms with van der Waals surface area (Å²) in [7, 11) is 1.69. The van der Waals surface area contributed by atoms with Crippen molar-refractivity contribution in [1.29, 1.82) is 0 Å². The number of carboxylic acid groups (broad SMARTS) is 4. The van der Waals surface area contributed by atoms with Gasteiger partial charge < -0.3 is 76.6 Å². The second kappa shape index (κ2) is 51.1. The molecule has 0 aromatic heterocycles. The molecule has 0 saturated carbocycles. The molecular weight excluding hydrogens is 1060 g/mol. The van der Waals surface area contributed by atoms with Crippen LogP contribution in [0, 0.1) is 0 Å². The molecule has 26 nitrogen and oxygen atoms in total. The molecule has 0 fully saturated rings. The maximum Gasteiger partial charge on any atom is 0.326 e. The second-order valence-corrected chi connectivity index (χ2v) is 19.9. The number of Topliss-reactive ketones (excluding diaryl/α,β-unsaturated/α-hetero) is 1. The second-order valence-electron chi connectivity index (χ2n) is 19.9. The number of hydrogen-bond donors (Lipinski definition) is 11. The first-order chi connectivity index (χ1) is 38.9. The molecular formula is C55H97N7O19. The highest BCUT2D eigenvalue weighted by atomic mass is 16.5. The third-order valence-corrected chi connectivity index (χ3v) is 12.9. The molecule has 0 heterocycles. The summed E-state index contributed by atoms with van der Waals surface area (Å²) in [5.41, 5.74) is 0. The topological polar surface area (TPSA) is 390 Å². The van der Waals surface area contributed by atoms with Crippen LogP contribution >= 0.6 is 0 Å². The molecule has 0 spiro atoms. The average molecular weight is 1160 g/mol.